The monoisotopic (exact) mass is 339 g/mol. The van der Waals surface area contributed by atoms with Gasteiger partial charge in [-0.3, -0.25) is 4.90 Å². The van der Waals surface area contributed by atoms with Crippen LogP contribution in [0.3, 0.4) is 0 Å². The van der Waals surface area contributed by atoms with Crippen molar-refractivity contribution in [1.29, 1.82) is 0 Å². The smallest absolute Gasteiger partial charge is 0.320 e. The predicted molar refractivity (Wildman–Crippen MR) is 82.9 cm³/mol. The average Bonchev–Trinajstić information content (AvgIpc) is 2.75. The summed E-state index contributed by atoms with van der Waals surface area (Å²) in [5.41, 5.74) is 5.87. The lowest BCUT2D eigenvalue weighted by Crippen LogP contribution is -2.44. The van der Waals surface area contributed by atoms with E-state index in [4.69, 9.17) is 5.73 Å². The van der Waals surface area contributed by atoms with E-state index in [0.29, 0.717) is 5.56 Å². The first-order valence-electron chi connectivity index (χ1n) is 6.27. The summed E-state index contributed by atoms with van der Waals surface area (Å²) in [6.45, 7) is 0. The molecule has 0 saturated heterocycles. The first kappa shape index (κ1) is 14.8. The fraction of sp³-hybridized carbons (Fsp3) is 0.154. The van der Waals surface area contributed by atoms with E-state index in [2.05, 4.69) is 0 Å². The van der Waals surface area contributed by atoms with Gasteiger partial charge in [0.15, 0.2) is 5.37 Å². The van der Waals surface area contributed by atoms with Crippen molar-refractivity contribution >= 4 is 33.6 Å². The number of carbonyl (C=O) groups is 1. The van der Waals surface area contributed by atoms with Crippen molar-refractivity contribution in [2.24, 2.45) is 5.73 Å². The molecule has 1 aromatic rings. The van der Waals surface area contributed by atoms with Crippen LogP contribution in [0.5, 0.6) is 0 Å². The Morgan fingerprint density at radius 2 is 2.05 bits per heavy atom. The minimum absolute atomic E-state index is 0.104. The molecular weight excluding hydrogens is 326 g/mol. The number of urea groups is 1. The number of carbonyl (C=O) groups excluding carboxylic acids is 1. The SMILES string of the molecule is CN1Sc2ccccc2C(O)=C1C1N(C(N)=O)C=CS1(=O)=O. The normalized spacial score (nSPS) is 22.9. The molecule has 9 heteroatoms. The summed E-state index contributed by atoms with van der Waals surface area (Å²) < 4.78 is 26.1. The highest BCUT2D eigenvalue weighted by molar-refractivity contribution is 7.97. The molecule has 116 valence electrons. The summed E-state index contributed by atoms with van der Waals surface area (Å²) in [4.78, 5) is 13.2. The van der Waals surface area contributed by atoms with Gasteiger partial charge in [-0.1, -0.05) is 12.1 Å². The molecule has 7 nitrogen and oxygen atoms in total. The molecule has 0 fully saturated rings. The lowest BCUT2D eigenvalue weighted by molar-refractivity contribution is 0.222. The molecule has 2 aliphatic rings. The number of sulfone groups is 1. The van der Waals surface area contributed by atoms with Crippen LogP contribution in [0, 0.1) is 0 Å². The highest BCUT2D eigenvalue weighted by Gasteiger charge is 2.44. The van der Waals surface area contributed by atoms with Gasteiger partial charge in [0.2, 0.25) is 9.84 Å². The van der Waals surface area contributed by atoms with Crippen LogP contribution in [0.1, 0.15) is 5.56 Å². The molecule has 2 amide bonds. The molecule has 1 unspecified atom stereocenters. The van der Waals surface area contributed by atoms with Crippen LogP contribution < -0.4 is 5.73 Å². The summed E-state index contributed by atoms with van der Waals surface area (Å²) in [6.07, 6.45) is 1.11. The number of aliphatic hydroxyl groups excluding tert-OH is 1. The lowest BCUT2D eigenvalue weighted by Gasteiger charge is -2.33. The van der Waals surface area contributed by atoms with Crippen molar-refractivity contribution in [2.45, 2.75) is 10.3 Å². The number of nitrogens with two attached hydrogens (primary N) is 1. The second-order valence-corrected chi connectivity index (χ2v) is 7.86. The summed E-state index contributed by atoms with van der Waals surface area (Å²) >= 11 is 1.27. The van der Waals surface area contributed by atoms with Crippen LogP contribution >= 0.6 is 11.9 Å². The van der Waals surface area contributed by atoms with Crippen LogP contribution in [0.2, 0.25) is 0 Å². The van der Waals surface area contributed by atoms with Gasteiger partial charge in [0.05, 0.1) is 0 Å². The number of aliphatic hydroxyl groups is 1. The molecule has 0 aliphatic carbocycles. The highest BCUT2D eigenvalue weighted by atomic mass is 32.2. The molecule has 3 N–H and O–H groups in total. The zero-order valence-electron chi connectivity index (χ0n) is 11.5. The van der Waals surface area contributed by atoms with Gasteiger partial charge in [-0.15, -0.1) is 0 Å². The summed E-state index contributed by atoms with van der Waals surface area (Å²) in [6, 6.07) is 6.16. The van der Waals surface area contributed by atoms with Crippen LogP contribution in [-0.4, -0.2) is 41.2 Å². The fourth-order valence-corrected chi connectivity index (χ4v) is 5.01. The van der Waals surface area contributed by atoms with Crippen LogP contribution in [0.15, 0.2) is 46.5 Å². The zero-order valence-corrected chi connectivity index (χ0v) is 13.1. The number of amides is 2. The van der Waals surface area contributed by atoms with E-state index in [-0.39, 0.29) is 11.5 Å². The van der Waals surface area contributed by atoms with Crippen LogP contribution in [0.4, 0.5) is 4.79 Å². The summed E-state index contributed by atoms with van der Waals surface area (Å²) in [5, 5.41) is 10.1. The standard InChI is InChI=1S/C13H13N3O4S2/c1-15-10(11(17)8-4-2-3-5-9(8)21-15)12-16(13(14)18)6-7-22(12,19)20/h2-7,12,17H,1H3,(H2,14,18). The number of fused-ring (bicyclic) bond motifs is 1. The van der Waals surface area contributed by atoms with Gasteiger partial charge in [-0.2, -0.15) is 0 Å². The molecule has 0 spiro atoms. The third-order valence-electron chi connectivity index (χ3n) is 3.42. The first-order chi connectivity index (χ1) is 10.3. The number of primary amides is 1. The molecule has 0 saturated carbocycles. The van der Waals surface area contributed by atoms with Crippen LogP contribution in [-0.2, 0) is 9.84 Å². The lowest BCUT2D eigenvalue weighted by atomic mass is 10.1. The van der Waals surface area contributed by atoms with Crippen molar-refractivity contribution in [2.75, 3.05) is 7.05 Å². The summed E-state index contributed by atoms with van der Waals surface area (Å²) in [7, 11) is -2.15. The molecule has 1 aromatic carbocycles. The molecule has 22 heavy (non-hydrogen) atoms. The third kappa shape index (κ3) is 2.13. The second kappa shape index (κ2) is 4.96. The van der Waals surface area contributed by atoms with Crippen molar-refractivity contribution in [3.63, 3.8) is 0 Å². The van der Waals surface area contributed by atoms with Gasteiger partial charge in [-0.25, -0.2) is 13.2 Å². The van der Waals surface area contributed by atoms with Crippen molar-refractivity contribution < 1.29 is 18.3 Å². The Labute approximate surface area is 131 Å². The number of likely N-dealkylation sites (N-methyl/N-ethyl adjacent to an activating group) is 1. The molecule has 2 aliphatic heterocycles. The summed E-state index contributed by atoms with van der Waals surface area (Å²) in [5.74, 6) is -0.180. The van der Waals surface area contributed by atoms with E-state index in [0.717, 1.165) is 21.4 Å². The van der Waals surface area contributed by atoms with Crippen LogP contribution in [0.25, 0.3) is 5.76 Å². The third-order valence-corrected chi connectivity index (χ3v) is 6.02. The van der Waals surface area contributed by atoms with Gasteiger partial charge in [0.25, 0.3) is 0 Å². The quantitative estimate of drug-likeness (QED) is 0.751. The number of rotatable bonds is 1. The number of hydrogen-bond donors (Lipinski definition) is 2. The van der Waals surface area contributed by atoms with E-state index in [1.54, 1.807) is 19.2 Å². The molecular formula is C13H13N3O4S2. The van der Waals surface area contributed by atoms with E-state index < -0.39 is 21.2 Å². The van der Waals surface area contributed by atoms with Crippen molar-refractivity contribution in [3.8, 4) is 0 Å². The van der Waals surface area contributed by atoms with Gasteiger partial charge in [0.1, 0.15) is 11.5 Å². The zero-order chi connectivity index (χ0) is 16.1. The van der Waals surface area contributed by atoms with Gasteiger partial charge < -0.3 is 15.1 Å². The largest absolute Gasteiger partial charge is 0.505 e. The Balaban J connectivity index is 2.20. The Morgan fingerprint density at radius 3 is 2.73 bits per heavy atom. The Morgan fingerprint density at radius 1 is 1.36 bits per heavy atom. The molecule has 2 heterocycles. The molecule has 0 radical (unpaired) electrons. The second-order valence-electron chi connectivity index (χ2n) is 4.79. The van der Waals surface area contributed by atoms with Crippen molar-refractivity contribution in [1.82, 2.24) is 9.21 Å². The fourth-order valence-electron chi connectivity index (χ4n) is 2.44. The van der Waals surface area contributed by atoms with Gasteiger partial charge in [0, 0.05) is 29.1 Å². The highest BCUT2D eigenvalue weighted by Crippen LogP contribution is 2.42. The van der Waals surface area contributed by atoms with Gasteiger partial charge in [-0.05, 0) is 24.1 Å². The van der Waals surface area contributed by atoms with E-state index in [1.165, 1.54) is 16.3 Å². The number of hydrogen-bond acceptors (Lipinski definition) is 6. The van der Waals surface area contributed by atoms with E-state index >= 15 is 0 Å². The van der Waals surface area contributed by atoms with E-state index in [9.17, 15) is 18.3 Å². The number of nitrogens with zero attached hydrogens (tertiary/aromatic N) is 2. The number of benzene rings is 1. The minimum Gasteiger partial charge on any atom is -0.505 e. The molecule has 3 rings (SSSR count). The predicted octanol–water partition coefficient (Wildman–Crippen LogP) is 1.47. The molecule has 0 bridgehead atoms. The maximum atomic E-state index is 12.3. The first-order valence-corrected chi connectivity index (χ1v) is 8.65. The molecule has 1 atom stereocenters. The Bertz CT molecular complexity index is 816. The minimum atomic E-state index is -3.78. The average molecular weight is 339 g/mol. The maximum absolute atomic E-state index is 12.3. The van der Waals surface area contributed by atoms with E-state index in [1.807, 2.05) is 12.1 Å². The van der Waals surface area contributed by atoms with Crippen molar-refractivity contribution in [3.05, 3.63) is 47.1 Å². The maximum Gasteiger partial charge on any atom is 0.320 e. The Hall–Kier alpha value is -2.13. The Kier molecular flexibility index (Phi) is 3.33. The molecule has 0 aromatic heterocycles. The topological polar surface area (TPSA) is 104 Å². The van der Waals surface area contributed by atoms with Gasteiger partial charge >= 0.3 is 6.03 Å².